The van der Waals surface area contributed by atoms with Crippen LogP contribution in [0.25, 0.3) is 0 Å². The minimum absolute atomic E-state index is 0.660. The van der Waals surface area contributed by atoms with Crippen LogP contribution in [0.4, 0.5) is 0 Å². The van der Waals surface area contributed by atoms with Gasteiger partial charge in [0.2, 0.25) is 0 Å². The minimum Gasteiger partial charge on any atom is -0.0654 e. The fourth-order valence-corrected chi connectivity index (χ4v) is 2.93. The van der Waals surface area contributed by atoms with E-state index in [0.717, 1.165) is 0 Å². The van der Waals surface area contributed by atoms with Crippen molar-refractivity contribution in [2.75, 3.05) is 0 Å². The largest absolute Gasteiger partial charge is 0.0654 e. The fourth-order valence-electron chi connectivity index (χ4n) is 2.93. The summed E-state index contributed by atoms with van der Waals surface area (Å²) in [6.45, 7) is 8.76. The first kappa shape index (κ1) is 17.3. The summed E-state index contributed by atoms with van der Waals surface area (Å²) in [7, 11) is 0. The van der Waals surface area contributed by atoms with E-state index in [0.29, 0.717) is 5.92 Å². The molecule has 1 radical (unpaired) electrons. The van der Waals surface area contributed by atoms with Crippen LogP contribution >= 0.6 is 0 Å². The third-order valence-corrected chi connectivity index (χ3v) is 4.33. The Morgan fingerprint density at radius 1 is 0.850 bits per heavy atom. The first-order chi connectivity index (χ1) is 9.75. The number of rotatable bonds is 11. The molecule has 1 unspecified atom stereocenters. The van der Waals surface area contributed by atoms with Gasteiger partial charge in [-0.2, -0.15) is 0 Å². The van der Waals surface area contributed by atoms with Crippen molar-refractivity contribution in [3.8, 4) is 0 Å². The van der Waals surface area contributed by atoms with Crippen LogP contribution in [-0.2, 0) is 0 Å². The molecule has 0 aliphatic heterocycles. The molecule has 0 bridgehead atoms. The Balaban J connectivity index is 2.03. The van der Waals surface area contributed by atoms with Crippen molar-refractivity contribution in [3.05, 3.63) is 42.3 Å². The van der Waals surface area contributed by atoms with E-state index in [-0.39, 0.29) is 0 Å². The van der Waals surface area contributed by atoms with Crippen LogP contribution in [0.15, 0.2) is 24.3 Å². The molecular formula is C20H33. The average Bonchev–Trinajstić information content (AvgIpc) is 2.46. The molecule has 0 amide bonds. The van der Waals surface area contributed by atoms with Gasteiger partial charge in [0, 0.05) is 0 Å². The third kappa shape index (κ3) is 7.12. The maximum Gasteiger partial charge on any atom is -0.0188 e. The Kier molecular flexibility index (Phi) is 9.45. The van der Waals surface area contributed by atoms with Gasteiger partial charge in [0.1, 0.15) is 0 Å². The van der Waals surface area contributed by atoms with Gasteiger partial charge in [0.05, 0.1) is 0 Å². The topological polar surface area (TPSA) is 0 Å². The Morgan fingerprint density at radius 2 is 1.40 bits per heavy atom. The Hall–Kier alpha value is -0.780. The van der Waals surface area contributed by atoms with Crippen LogP contribution in [0, 0.1) is 6.92 Å². The molecule has 0 heteroatoms. The summed E-state index contributed by atoms with van der Waals surface area (Å²) < 4.78 is 0. The first-order valence-electron chi connectivity index (χ1n) is 8.66. The number of hydrogen-bond donors (Lipinski definition) is 0. The van der Waals surface area contributed by atoms with Crippen LogP contribution in [0.5, 0.6) is 0 Å². The molecule has 1 rings (SSSR count). The molecule has 0 aliphatic carbocycles. The van der Waals surface area contributed by atoms with E-state index >= 15 is 0 Å². The number of unbranched alkanes of at least 4 members (excludes halogenated alkanes) is 8. The molecule has 0 aromatic heterocycles. The minimum atomic E-state index is 0.660. The maximum atomic E-state index is 4.13. The van der Waals surface area contributed by atoms with Crippen molar-refractivity contribution in [1.82, 2.24) is 0 Å². The summed E-state index contributed by atoms with van der Waals surface area (Å²) in [5.41, 5.74) is 2.64. The van der Waals surface area contributed by atoms with Gasteiger partial charge in [-0.05, 0) is 30.4 Å². The van der Waals surface area contributed by atoms with E-state index in [4.69, 9.17) is 0 Å². The predicted molar refractivity (Wildman–Crippen MR) is 91.2 cm³/mol. The lowest BCUT2D eigenvalue weighted by Gasteiger charge is -2.14. The number of hydrogen-bond acceptors (Lipinski definition) is 0. The summed E-state index contributed by atoms with van der Waals surface area (Å²) in [6, 6.07) is 8.58. The fraction of sp³-hybridized carbons (Fsp3) is 0.650. The summed E-state index contributed by atoms with van der Waals surface area (Å²) in [5.74, 6) is 0.660. The second-order valence-electron chi connectivity index (χ2n) is 6.22. The molecule has 0 fully saturated rings. The molecular weight excluding hydrogens is 240 g/mol. The van der Waals surface area contributed by atoms with Crippen LogP contribution in [0.1, 0.15) is 95.1 Å². The normalized spacial score (nSPS) is 12.6. The van der Waals surface area contributed by atoms with E-state index in [2.05, 4.69) is 45.0 Å². The lowest BCUT2D eigenvalue weighted by atomic mass is 9.91. The van der Waals surface area contributed by atoms with Crippen molar-refractivity contribution in [2.45, 2.75) is 84.0 Å². The number of benzene rings is 1. The predicted octanol–water partition coefficient (Wildman–Crippen LogP) is 6.89. The second kappa shape index (κ2) is 10.9. The molecule has 0 aliphatic rings. The highest BCUT2D eigenvalue weighted by molar-refractivity contribution is 5.31. The average molecular weight is 273 g/mol. The highest BCUT2D eigenvalue weighted by Crippen LogP contribution is 2.24. The first-order valence-corrected chi connectivity index (χ1v) is 8.66. The van der Waals surface area contributed by atoms with Crippen LogP contribution in [0.3, 0.4) is 0 Å². The van der Waals surface area contributed by atoms with E-state index in [9.17, 15) is 0 Å². The Bertz CT molecular complexity index is 340. The zero-order valence-corrected chi connectivity index (χ0v) is 13.7. The molecule has 113 valence electrons. The van der Waals surface area contributed by atoms with E-state index < -0.39 is 0 Å². The monoisotopic (exact) mass is 273 g/mol. The molecule has 0 N–H and O–H groups in total. The molecule has 0 nitrogen and oxygen atoms in total. The molecule has 0 saturated heterocycles. The molecule has 1 atom stereocenters. The van der Waals surface area contributed by atoms with Crippen molar-refractivity contribution < 1.29 is 0 Å². The third-order valence-electron chi connectivity index (χ3n) is 4.33. The van der Waals surface area contributed by atoms with Crippen molar-refractivity contribution in [2.24, 2.45) is 0 Å². The van der Waals surface area contributed by atoms with Gasteiger partial charge in [0.15, 0.2) is 0 Å². The van der Waals surface area contributed by atoms with Crippen LogP contribution < -0.4 is 0 Å². The highest BCUT2D eigenvalue weighted by Gasteiger charge is 2.07. The van der Waals surface area contributed by atoms with Crippen molar-refractivity contribution in [1.29, 1.82) is 0 Å². The summed E-state index contributed by atoms with van der Waals surface area (Å²) >= 11 is 0. The van der Waals surface area contributed by atoms with Gasteiger partial charge in [-0.3, -0.25) is 0 Å². The van der Waals surface area contributed by atoms with Crippen molar-refractivity contribution >= 4 is 0 Å². The van der Waals surface area contributed by atoms with E-state index in [1.165, 1.54) is 75.3 Å². The van der Waals surface area contributed by atoms with Crippen LogP contribution in [0.2, 0.25) is 0 Å². The summed E-state index contributed by atoms with van der Waals surface area (Å²) in [6.07, 6.45) is 14.0. The zero-order valence-electron chi connectivity index (χ0n) is 13.7. The lowest BCUT2D eigenvalue weighted by molar-refractivity contribution is 0.538. The van der Waals surface area contributed by atoms with Gasteiger partial charge < -0.3 is 0 Å². The van der Waals surface area contributed by atoms with Gasteiger partial charge in [-0.25, -0.2) is 0 Å². The van der Waals surface area contributed by atoms with Gasteiger partial charge in [-0.1, -0.05) is 95.9 Å². The summed E-state index contributed by atoms with van der Waals surface area (Å²) in [4.78, 5) is 0. The smallest absolute Gasteiger partial charge is 0.0188 e. The molecule has 0 heterocycles. The van der Waals surface area contributed by atoms with Crippen molar-refractivity contribution in [3.63, 3.8) is 0 Å². The highest BCUT2D eigenvalue weighted by atomic mass is 14.1. The quantitative estimate of drug-likeness (QED) is 0.385. The van der Waals surface area contributed by atoms with Gasteiger partial charge >= 0.3 is 0 Å². The molecule has 0 spiro atoms. The second-order valence-corrected chi connectivity index (χ2v) is 6.22. The molecule has 20 heavy (non-hydrogen) atoms. The molecule has 1 aromatic carbocycles. The van der Waals surface area contributed by atoms with Crippen LogP contribution in [-0.4, -0.2) is 0 Å². The standard InChI is InChI=1S/C20H33/c1-4-5-6-7-8-9-10-11-12-15-18(2)20-17-14-13-16-19(20)3/h13-14,16-18H,3-12,15H2,1-2H3. The Labute approximate surface area is 127 Å². The molecule has 1 aromatic rings. The van der Waals surface area contributed by atoms with E-state index in [1.54, 1.807) is 0 Å². The zero-order chi connectivity index (χ0) is 14.6. The SMILES string of the molecule is [CH2]c1ccccc1C(C)CCCCCCCCCCC. The van der Waals surface area contributed by atoms with E-state index in [1.807, 2.05) is 0 Å². The lowest BCUT2D eigenvalue weighted by Crippen LogP contribution is -1.96. The molecule has 0 saturated carbocycles. The van der Waals surface area contributed by atoms with Gasteiger partial charge in [0.25, 0.3) is 0 Å². The summed E-state index contributed by atoms with van der Waals surface area (Å²) in [5, 5.41) is 0. The Morgan fingerprint density at radius 3 is 2.00 bits per heavy atom. The maximum absolute atomic E-state index is 4.13. The van der Waals surface area contributed by atoms with Gasteiger partial charge in [-0.15, -0.1) is 0 Å².